The Morgan fingerprint density at radius 3 is 2.58 bits per heavy atom. The number of thiophene rings is 1. The normalized spacial score (nSPS) is 19.8. The molecule has 4 rings (SSSR count). The number of hydrogen-bond acceptors (Lipinski definition) is 5. The highest BCUT2D eigenvalue weighted by Crippen LogP contribution is 2.35. The first-order valence-corrected chi connectivity index (χ1v) is 9.41. The van der Waals surface area contributed by atoms with Gasteiger partial charge in [0.2, 0.25) is 0 Å². The fourth-order valence-electron chi connectivity index (χ4n) is 3.24. The first-order valence-electron chi connectivity index (χ1n) is 8.53. The molecule has 3 aromatic rings. The lowest BCUT2D eigenvalue weighted by atomic mass is 9.94. The lowest BCUT2D eigenvalue weighted by Crippen LogP contribution is -2.32. The molecule has 0 spiro atoms. The van der Waals surface area contributed by atoms with Gasteiger partial charge in [0.05, 0.1) is 7.11 Å². The fourth-order valence-corrected chi connectivity index (χ4v) is 3.96. The topological polar surface area (TPSA) is 53.8 Å². The molecule has 132 valence electrons. The summed E-state index contributed by atoms with van der Waals surface area (Å²) in [7, 11) is 1.66. The van der Waals surface area contributed by atoms with E-state index in [1.54, 1.807) is 24.5 Å². The summed E-state index contributed by atoms with van der Waals surface area (Å²) in [5, 5.41) is 15.9. The zero-order chi connectivity index (χ0) is 17.9. The molecule has 0 aliphatic carbocycles. The number of para-hydroxylation sites is 1. The smallest absolute Gasteiger partial charge is 0.135 e. The molecule has 1 aliphatic heterocycles. The summed E-state index contributed by atoms with van der Waals surface area (Å²) in [5.41, 5.74) is 3.00. The summed E-state index contributed by atoms with van der Waals surface area (Å²) >= 11 is 1.68. The highest BCUT2D eigenvalue weighted by atomic mass is 32.1. The Hall–Kier alpha value is -2.63. The van der Waals surface area contributed by atoms with Crippen molar-refractivity contribution in [3.8, 4) is 11.5 Å². The van der Waals surface area contributed by atoms with E-state index in [1.165, 1.54) is 0 Å². The van der Waals surface area contributed by atoms with Crippen molar-refractivity contribution in [3.63, 3.8) is 0 Å². The molecule has 0 saturated carbocycles. The van der Waals surface area contributed by atoms with Crippen molar-refractivity contribution in [2.45, 2.75) is 18.6 Å². The third kappa shape index (κ3) is 3.36. The molecule has 0 fully saturated rings. The number of nitrogens with zero attached hydrogens (tertiary/aromatic N) is 1. The van der Waals surface area contributed by atoms with E-state index in [9.17, 15) is 5.11 Å². The summed E-state index contributed by atoms with van der Waals surface area (Å²) in [6.45, 7) is 0. The molecule has 0 saturated heterocycles. The van der Waals surface area contributed by atoms with Crippen LogP contribution in [0.1, 0.15) is 34.6 Å². The molecule has 0 radical (unpaired) electrons. The summed E-state index contributed by atoms with van der Waals surface area (Å²) in [6, 6.07) is 19.6. The molecule has 0 unspecified atom stereocenters. The van der Waals surface area contributed by atoms with Gasteiger partial charge in [0.25, 0.3) is 0 Å². The molecular weight excluding hydrogens is 344 g/mol. The van der Waals surface area contributed by atoms with Gasteiger partial charge in [0.1, 0.15) is 17.7 Å². The van der Waals surface area contributed by atoms with E-state index in [0.29, 0.717) is 12.2 Å². The van der Waals surface area contributed by atoms with Crippen LogP contribution in [0, 0.1) is 0 Å². The SMILES string of the molecule is COc1ccc(C2=N[C@@H](c3cccs3)N[C@H](c3ccccc3O)C2)cc1. The van der Waals surface area contributed by atoms with Crippen molar-refractivity contribution < 1.29 is 9.84 Å². The molecule has 26 heavy (non-hydrogen) atoms. The van der Waals surface area contributed by atoms with Crippen LogP contribution in [0.15, 0.2) is 71.0 Å². The van der Waals surface area contributed by atoms with Crippen LogP contribution in [0.5, 0.6) is 11.5 Å². The van der Waals surface area contributed by atoms with Crippen molar-refractivity contribution in [2.24, 2.45) is 4.99 Å². The maximum atomic E-state index is 10.3. The van der Waals surface area contributed by atoms with Crippen LogP contribution < -0.4 is 10.1 Å². The second kappa shape index (κ2) is 7.32. The number of phenolic OH excluding ortho intramolecular Hbond substituents is 1. The Balaban J connectivity index is 1.72. The highest BCUT2D eigenvalue weighted by Gasteiger charge is 2.27. The quantitative estimate of drug-likeness (QED) is 0.706. The van der Waals surface area contributed by atoms with Crippen LogP contribution >= 0.6 is 11.3 Å². The van der Waals surface area contributed by atoms with E-state index in [4.69, 9.17) is 9.73 Å². The average molecular weight is 364 g/mol. The molecule has 1 aromatic heterocycles. The molecule has 5 heteroatoms. The van der Waals surface area contributed by atoms with Gasteiger partial charge in [-0.1, -0.05) is 24.3 Å². The Morgan fingerprint density at radius 1 is 1.08 bits per heavy atom. The van der Waals surface area contributed by atoms with E-state index in [2.05, 4.69) is 16.8 Å². The van der Waals surface area contributed by atoms with Crippen LogP contribution in [0.25, 0.3) is 0 Å². The number of nitrogens with one attached hydrogen (secondary N) is 1. The first kappa shape index (κ1) is 16.8. The van der Waals surface area contributed by atoms with Gasteiger partial charge < -0.3 is 9.84 Å². The Labute approximate surface area is 156 Å². The third-order valence-corrected chi connectivity index (χ3v) is 5.51. The third-order valence-electron chi connectivity index (χ3n) is 4.59. The Kier molecular flexibility index (Phi) is 4.73. The van der Waals surface area contributed by atoms with E-state index >= 15 is 0 Å². The minimum atomic E-state index is -0.120. The summed E-state index contributed by atoms with van der Waals surface area (Å²) < 4.78 is 5.26. The van der Waals surface area contributed by atoms with Crippen molar-refractivity contribution in [3.05, 3.63) is 82.0 Å². The predicted octanol–water partition coefficient (Wildman–Crippen LogP) is 4.68. The molecule has 1 aliphatic rings. The van der Waals surface area contributed by atoms with Crippen LogP contribution in [0.4, 0.5) is 0 Å². The number of rotatable bonds is 4. The summed E-state index contributed by atoms with van der Waals surface area (Å²) in [6.07, 6.45) is 0.594. The van der Waals surface area contributed by atoms with Crippen LogP contribution in [0.2, 0.25) is 0 Å². The Morgan fingerprint density at radius 2 is 1.88 bits per heavy atom. The monoisotopic (exact) mass is 364 g/mol. The summed E-state index contributed by atoms with van der Waals surface area (Å²) in [4.78, 5) is 6.11. The van der Waals surface area contributed by atoms with Crippen LogP contribution in [-0.4, -0.2) is 17.9 Å². The fraction of sp³-hybridized carbons (Fsp3) is 0.190. The lowest BCUT2D eigenvalue weighted by Gasteiger charge is -2.30. The standard InChI is InChI=1S/C21H20N2O2S/c1-25-15-10-8-14(9-11-15)17-13-18(16-5-2-3-6-19(16)24)23-21(22-17)20-7-4-12-26-20/h2-12,18,21,23-24H,13H2,1H3/t18-,21+/m0/s1. The molecule has 2 heterocycles. The zero-order valence-corrected chi connectivity index (χ0v) is 15.2. The summed E-state index contributed by atoms with van der Waals surface area (Å²) in [5.74, 6) is 1.14. The Bertz CT molecular complexity index is 904. The maximum absolute atomic E-state index is 10.3. The van der Waals surface area contributed by atoms with Gasteiger partial charge in [-0.3, -0.25) is 10.3 Å². The average Bonchev–Trinajstić information content (AvgIpc) is 3.23. The highest BCUT2D eigenvalue weighted by molar-refractivity contribution is 7.10. The van der Waals surface area contributed by atoms with Crippen molar-refractivity contribution in [2.75, 3.05) is 7.11 Å². The van der Waals surface area contributed by atoms with Crippen molar-refractivity contribution >= 4 is 17.0 Å². The van der Waals surface area contributed by atoms with Crippen molar-refractivity contribution in [1.82, 2.24) is 5.32 Å². The predicted molar refractivity (Wildman–Crippen MR) is 105 cm³/mol. The molecule has 2 N–H and O–H groups in total. The minimum Gasteiger partial charge on any atom is -0.508 e. The second-order valence-electron chi connectivity index (χ2n) is 6.20. The largest absolute Gasteiger partial charge is 0.508 e. The number of aromatic hydroxyl groups is 1. The minimum absolute atomic E-state index is 0.00194. The number of ether oxygens (including phenoxy) is 1. The van der Waals surface area contributed by atoms with Crippen LogP contribution in [-0.2, 0) is 0 Å². The number of phenols is 1. The molecule has 0 amide bonds. The lowest BCUT2D eigenvalue weighted by molar-refractivity contribution is 0.414. The maximum Gasteiger partial charge on any atom is 0.135 e. The number of methoxy groups -OCH3 is 1. The van der Waals surface area contributed by atoms with Gasteiger partial charge in [-0.15, -0.1) is 11.3 Å². The molecule has 0 bridgehead atoms. The van der Waals surface area contributed by atoms with Gasteiger partial charge in [-0.2, -0.15) is 0 Å². The second-order valence-corrected chi connectivity index (χ2v) is 7.18. The number of hydrogen-bond donors (Lipinski definition) is 2. The van der Waals surface area contributed by atoms with Gasteiger partial charge in [-0.05, 0) is 47.3 Å². The van der Waals surface area contributed by atoms with Crippen molar-refractivity contribution in [1.29, 1.82) is 0 Å². The molecule has 2 aromatic carbocycles. The van der Waals surface area contributed by atoms with Gasteiger partial charge in [0, 0.05) is 28.6 Å². The van der Waals surface area contributed by atoms with E-state index < -0.39 is 0 Å². The van der Waals surface area contributed by atoms with Gasteiger partial charge in [0.15, 0.2) is 0 Å². The number of benzene rings is 2. The van der Waals surface area contributed by atoms with E-state index in [0.717, 1.165) is 27.5 Å². The first-order chi connectivity index (χ1) is 12.7. The van der Waals surface area contributed by atoms with Gasteiger partial charge >= 0.3 is 0 Å². The van der Waals surface area contributed by atoms with Gasteiger partial charge in [-0.25, -0.2) is 0 Å². The zero-order valence-electron chi connectivity index (χ0n) is 14.4. The molecular formula is C21H20N2O2S. The van der Waals surface area contributed by atoms with E-state index in [1.807, 2.05) is 48.5 Å². The van der Waals surface area contributed by atoms with E-state index in [-0.39, 0.29) is 12.2 Å². The number of aliphatic imine (C=N–C) groups is 1. The molecule has 4 nitrogen and oxygen atoms in total. The molecule has 2 atom stereocenters. The van der Waals surface area contributed by atoms with Crippen LogP contribution in [0.3, 0.4) is 0 Å².